The summed E-state index contributed by atoms with van der Waals surface area (Å²) in [5.74, 6) is 2.07. The zero-order valence-electron chi connectivity index (χ0n) is 26.6. The Morgan fingerprint density at radius 1 is 0.538 bits per heavy atom. The van der Waals surface area contributed by atoms with Gasteiger partial charge in [0.2, 0.25) is 0 Å². The molecule has 2 aromatic carbocycles. The Balaban J connectivity index is 1.82. The number of hydrogen-bond donors (Lipinski definition) is 0. The van der Waals surface area contributed by atoms with E-state index in [1.807, 2.05) is 0 Å². The van der Waals surface area contributed by atoms with Crippen molar-refractivity contribution in [3.63, 3.8) is 0 Å². The van der Waals surface area contributed by atoms with Gasteiger partial charge in [-0.05, 0) is 39.2 Å². The van der Waals surface area contributed by atoms with Crippen molar-refractivity contribution in [2.45, 2.75) is 123 Å². The first-order valence-electron chi connectivity index (χ1n) is 14.7. The molecule has 0 bridgehead atoms. The van der Waals surface area contributed by atoms with Gasteiger partial charge in [0.1, 0.15) is 36.9 Å². The largest absolute Gasteiger partial charge is 0.490 e. The lowest BCUT2D eigenvalue weighted by Gasteiger charge is -2.32. The number of ether oxygens (including phenoxy) is 4. The van der Waals surface area contributed by atoms with E-state index in [1.165, 1.54) is 33.4 Å². The molecular formula is C35H52O4. The van der Waals surface area contributed by atoms with E-state index in [1.54, 1.807) is 0 Å². The third-order valence-corrected chi connectivity index (χ3v) is 7.57. The highest BCUT2D eigenvalue weighted by Crippen LogP contribution is 2.44. The predicted molar refractivity (Wildman–Crippen MR) is 161 cm³/mol. The van der Waals surface area contributed by atoms with Crippen molar-refractivity contribution >= 4 is 0 Å². The van der Waals surface area contributed by atoms with Gasteiger partial charge in [-0.3, -0.25) is 0 Å². The third kappa shape index (κ3) is 7.58. The lowest BCUT2D eigenvalue weighted by atomic mass is 9.76. The fraction of sp³-hybridized carbons (Fsp3) is 0.657. The van der Waals surface area contributed by atoms with E-state index in [0.29, 0.717) is 13.2 Å². The quantitative estimate of drug-likeness (QED) is 0.320. The Bertz CT molecular complexity index is 1010. The highest BCUT2D eigenvalue weighted by Gasteiger charge is 2.32. The van der Waals surface area contributed by atoms with Crippen molar-refractivity contribution in [3.8, 4) is 11.5 Å². The molecule has 0 spiro atoms. The van der Waals surface area contributed by atoms with Crippen LogP contribution in [0.4, 0.5) is 0 Å². The van der Waals surface area contributed by atoms with Crippen molar-refractivity contribution in [1.82, 2.24) is 0 Å². The maximum Gasteiger partial charge on any atom is 0.126 e. The molecule has 0 aromatic heterocycles. The van der Waals surface area contributed by atoms with E-state index in [4.69, 9.17) is 18.9 Å². The SMILES string of the molecule is CC(C)(C)c1cc(Cc2cc(C(C)(C)C)c(OCC3CO3)c(C(C)(C)C)c2)cc(C(C)(C)C)c1OCC1CO1. The van der Waals surface area contributed by atoms with Gasteiger partial charge < -0.3 is 18.9 Å². The summed E-state index contributed by atoms with van der Waals surface area (Å²) in [4.78, 5) is 0. The molecule has 0 N–H and O–H groups in total. The predicted octanol–water partition coefficient (Wildman–Crippen LogP) is 8.02. The van der Waals surface area contributed by atoms with Gasteiger partial charge in [-0.25, -0.2) is 0 Å². The van der Waals surface area contributed by atoms with Crippen molar-refractivity contribution in [1.29, 1.82) is 0 Å². The minimum Gasteiger partial charge on any atom is -0.490 e. The van der Waals surface area contributed by atoms with Crippen LogP contribution in [-0.2, 0) is 37.6 Å². The van der Waals surface area contributed by atoms with Gasteiger partial charge in [-0.15, -0.1) is 0 Å². The Labute approximate surface area is 237 Å². The second-order valence-corrected chi connectivity index (χ2v) is 15.7. The van der Waals surface area contributed by atoms with E-state index in [2.05, 4.69) is 107 Å². The van der Waals surface area contributed by atoms with Crippen LogP contribution in [0.15, 0.2) is 24.3 Å². The molecule has 0 amide bonds. The van der Waals surface area contributed by atoms with Crippen LogP contribution >= 0.6 is 0 Å². The molecule has 0 radical (unpaired) electrons. The summed E-state index contributed by atoms with van der Waals surface area (Å²) in [5, 5.41) is 0. The van der Waals surface area contributed by atoms with Gasteiger partial charge in [0.05, 0.1) is 13.2 Å². The highest BCUT2D eigenvalue weighted by atomic mass is 16.6. The minimum atomic E-state index is -0.0501. The topological polar surface area (TPSA) is 43.5 Å². The number of rotatable bonds is 8. The molecule has 4 nitrogen and oxygen atoms in total. The molecule has 4 heteroatoms. The van der Waals surface area contributed by atoms with Crippen molar-refractivity contribution in [2.24, 2.45) is 0 Å². The molecule has 2 aromatic rings. The second-order valence-electron chi connectivity index (χ2n) is 15.7. The third-order valence-electron chi connectivity index (χ3n) is 7.57. The molecular weight excluding hydrogens is 484 g/mol. The van der Waals surface area contributed by atoms with Crippen molar-refractivity contribution < 1.29 is 18.9 Å². The fourth-order valence-electron chi connectivity index (χ4n) is 5.04. The lowest BCUT2D eigenvalue weighted by Crippen LogP contribution is -2.22. The van der Waals surface area contributed by atoms with Crippen LogP contribution in [0.1, 0.15) is 116 Å². The number of hydrogen-bond acceptors (Lipinski definition) is 4. The molecule has 2 heterocycles. The van der Waals surface area contributed by atoms with E-state index in [-0.39, 0.29) is 33.9 Å². The van der Waals surface area contributed by atoms with Crippen LogP contribution in [0.5, 0.6) is 11.5 Å². The summed E-state index contributed by atoms with van der Waals surface area (Å²) in [6, 6.07) is 9.50. The molecule has 39 heavy (non-hydrogen) atoms. The van der Waals surface area contributed by atoms with E-state index < -0.39 is 0 Å². The maximum absolute atomic E-state index is 6.49. The Hall–Kier alpha value is -2.04. The summed E-state index contributed by atoms with van der Waals surface area (Å²) in [6.45, 7) is 30.2. The van der Waals surface area contributed by atoms with E-state index >= 15 is 0 Å². The van der Waals surface area contributed by atoms with Crippen molar-refractivity contribution in [2.75, 3.05) is 26.4 Å². The normalized spacial score (nSPS) is 19.7. The zero-order chi connectivity index (χ0) is 29.0. The molecule has 2 saturated heterocycles. The van der Waals surface area contributed by atoms with Gasteiger partial charge in [0, 0.05) is 22.3 Å². The summed E-state index contributed by atoms with van der Waals surface area (Å²) in [6.07, 6.45) is 1.31. The summed E-state index contributed by atoms with van der Waals surface area (Å²) < 4.78 is 23.9. The first-order chi connectivity index (χ1) is 17.8. The van der Waals surface area contributed by atoms with Crippen LogP contribution < -0.4 is 9.47 Å². The molecule has 2 unspecified atom stereocenters. The van der Waals surface area contributed by atoms with Crippen LogP contribution in [0, 0.1) is 0 Å². The molecule has 2 aliphatic rings. The van der Waals surface area contributed by atoms with Gasteiger partial charge >= 0.3 is 0 Å². The first-order valence-corrected chi connectivity index (χ1v) is 14.7. The number of epoxide rings is 2. The lowest BCUT2D eigenvalue weighted by molar-refractivity contribution is 0.253. The Morgan fingerprint density at radius 2 is 0.795 bits per heavy atom. The smallest absolute Gasteiger partial charge is 0.126 e. The van der Waals surface area contributed by atoms with Crippen LogP contribution in [0.3, 0.4) is 0 Å². The van der Waals surface area contributed by atoms with Gasteiger partial charge in [-0.2, -0.15) is 0 Å². The van der Waals surface area contributed by atoms with Crippen LogP contribution in [0.25, 0.3) is 0 Å². The molecule has 2 aliphatic heterocycles. The van der Waals surface area contributed by atoms with Gasteiger partial charge in [-0.1, -0.05) is 107 Å². The Morgan fingerprint density at radius 3 is 1.00 bits per heavy atom. The molecule has 0 aliphatic carbocycles. The monoisotopic (exact) mass is 536 g/mol. The molecule has 0 saturated carbocycles. The Kier molecular flexibility index (Phi) is 7.99. The van der Waals surface area contributed by atoms with E-state index in [0.717, 1.165) is 31.1 Å². The minimum absolute atomic E-state index is 0.0501. The van der Waals surface area contributed by atoms with Gasteiger partial charge in [0.25, 0.3) is 0 Å². The average Bonchev–Trinajstić information content (AvgIpc) is 3.69. The molecule has 2 fully saturated rings. The molecule has 216 valence electrons. The number of benzene rings is 2. The van der Waals surface area contributed by atoms with Gasteiger partial charge in [0.15, 0.2) is 0 Å². The van der Waals surface area contributed by atoms with Crippen LogP contribution in [0.2, 0.25) is 0 Å². The first kappa shape index (κ1) is 29.9. The summed E-state index contributed by atoms with van der Waals surface area (Å²) >= 11 is 0. The van der Waals surface area contributed by atoms with E-state index in [9.17, 15) is 0 Å². The fourth-order valence-corrected chi connectivity index (χ4v) is 5.04. The summed E-state index contributed by atoms with van der Waals surface area (Å²) in [7, 11) is 0. The molecule has 2 atom stereocenters. The zero-order valence-corrected chi connectivity index (χ0v) is 26.6. The van der Waals surface area contributed by atoms with Crippen LogP contribution in [-0.4, -0.2) is 38.6 Å². The highest BCUT2D eigenvalue weighted by molar-refractivity contribution is 5.54. The standard InChI is InChI=1S/C35H52O4/c1-32(2,3)26-14-22(15-27(33(4,5)6)30(26)38-20-24-18-36-24)13-23-16-28(34(7,8)9)31(39-21-25-19-37-25)29(17-23)35(10,11)12/h14-17,24-25H,13,18-21H2,1-12H3. The molecule has 4 rings (SSSR count). The maximum atomic E-state index is 6.49. The van der Waals surface area contributed by atoms with Crippen molar-refractivity contribution in [3.05, 3.63) is 57.6 Å². The second kappa shape index (κ2) is 10.4. The summed E-state index contributed by atoms with van der Waals surface area (Å²) in [5.41, 5.74) is 7.50. The average molecular weight is 537 g/mol.